The van der Waals surface area contributed by atoms with E-state index in [0.717, 1.165) is 86.3 Å². The van der Waals surface area contributed by atoms with Gasteiger partial charge in [-0.15, -0.1) is 0 Å². The van der Waals surface area contributed by atoms with Crippen molar-refractivity contribution < 1.29 is 83.6 Å². The summed E-state index contributed by atoms with van der Waals surface area (Å²) in [5.74, 6) is -1.11. The average molecular weight is 1620 g/mol. The number of amides is 3. The van der Waals surface area contributed by atoms with Gasteiger partial charge >= 0.3 is 12.2 Å². The molecule has 3 amide bonds. The molecule has 3 heterocycles. The Kier molecular flexibility index (Phi) is 28.4. The summed E-state index contributed by atoms with van der Waals surface area (Å²) in [6.45, 7) is 17.5. The predicted octanol–water partition coefficient (Wildman–Crippen LogP) is 22.5. The lowest BCUT2D eigenvalue weighted by molar-refractivity contribution is 0.0926. The first-order chi connectivity index (χ1) is 56.1. The third-order valence-corrected chi connectivity index (χ3v) is 22.3. The number of ketones is 1. The van der Waals surface area contributed by atoms with Crippen molar-refractivity contribution in [2.45, 2.75) is 189 Å². The largest absolute Gasteiger partial charge is 0.508 e. The van der Waals surface area contributed by atoms with Gasteiger partial charge in [-0.1, -0.05) is 87.5 Å². The quantitative estimate of drug-likeness (QED) is 0.0491. The molecule has 5 aliphatic rings. The number of Topliss-reactive ketones (excluding diaryl/α,β-unsaturated/α-hetero) is 1. The molecule has 0 bridgehead atoms. The van der Waals surface area contributed by atoms with Crippen molar-refractivity contribution >= 4 is 40.7 Å². The maximum absolute atomic E-state index is 13.8. The number of hydrogen-bond acceptors (Lipinski definition) is 15. The molecule has 6 atom stereocenters. The monoisotopic (exact) mass is 1620 g/mol. The molecule has 0 spiro atoms. The Morgan fingerprint density at radius 1 is 0.462 bits per heavy atom. The number of benzene rings is 8. The second-order valence-corrected chi connectivity index (χ2v) is 29.7. The lowest BCUT2D eigenvalue weighted by atomic mass is 9.99. The van der Waals surface area contributed by atoms with Crippen molar-refractivity contribution in [3.8, 4) is 40.9 Å². The molecule has 11 aromatic rings. The van der Waals surface area contributed by atoms with Crippen LogP contribution in [0.3, 0.4) is 0 Å². The molecule has 5 aliphatic carbocycles. The third-order valence-electron chi connectivity index (χ3n) is 22.1. The van der Waals surface area contributed by atoms with Crippen LogP contribution < -0.4 is 25.4 Å². The van der Waals surface area contributed by atoms with Gasteiger partial charge in [-0.3, -0.25) is 19.2 Å². The fourth-order valence-electron chi connectivity index (χ4n) is 15.1. The molecule has 0 saturated heterocycles. The SMILES string of the molecule is C/C=C1\CCc2c(O)cccc21.CCC1CCc2c(O)cccc21.CCC1CCc2c(Oc3nc(C(=O)N[C@H](C)c4cc(F)c(C)c(F)c4)co3)cccc21.CCC1CCc2c(Oc3nc(C(=O)N[C@H](C)c4cc(F)c(C)c(F)c4)co3)cccc21.Cc1c(F)cc([C@@H](C)NC(=O)c2coc(Cl)n2)cc1F.O=C1CCc2c(O)cccc21. The van der Waals surface area contributed by atoms with E-state index in [9.17, 15) is 60.8 Å². The highest BCUT2D eigenvalue weighted by Crippen LogP contribution is 2.44. The molecule has 0 aliphatic heterocycles. The first-order valence-electron chi connectivity index (χ1n) is 39.1. The highest BCUT2D eigenvalue weighted by Gasteiger charge is 2.30. The van der Waals surface area contributed by atoms with Gasteiger partial charge in [-0.25, -0.2) is 26.3 Å². The number of phenols is 3. The van der Waals surface area contributed by atoms with Crippen molar-refractivity contribution in [3.63, 3.8) is 0 Å². The Balaban J connectivity index is 0.000000145. The zero-order valence-corrected chi connectivity index (χ0v) is 67.3. The van der Waals surface area contributed by atoms with E-state index in [4.69, 9.17) is 34.3 Å². The van der Waals surface area contributed by atoms with Crippen LogP contribution in [0.5, 0.6) is 40.9 Å². The molecule has 3 unspecified atom stereocenters. The molecule has 612 valence electrons. The predicted molar refractivity (Wildman–Crippen MR) is 431 cm³/mol. The molecule has 18 nitrogen and oxygen atoms in total. The van der Waals surface area contributed by atoms with E-state index in [1.165, 1.54) is 116 Å². The normalized spacial score (nSPS) is 16.1. The zero-order chi connectivity index (χ0) is 84.1. The molecular formula is C92H93ClF6N6O12. The number of carbonyl (C=O) groups excluding carboxylic acids is 4. The minimum Gasteiger partial charge on any atom is -0.508 e. The highest BCUT2D eigenvalue weighted by molar-refractivity contribution is 6.27. The summed E-state index contributed by atoms with van der Waals surface area (Å²) in [5.41, 5.74) is 13.5. The maximum atomic E-state index is 13.8. The van der Waals surface area contributed by atoms with Crippen molar-refractivity contribution in [3.05, 3.63) is 299 Å². The molecule has 0 fully saturated rings. The van der Waals surface area contributed by atoms with E-state index < -0.39 is 70.8 Å². The number of aromatic nitrogens is 3. The van der Waals surface area contributed by atoms with Crippen LogP contribution in [0.1, 0.15) is 261 Å². The van der Waals surface area contributed by atoms with E-state index >= 15 is 0 Å². The Hall–Kier alpha value is -11.9. The minimum atomic E-state index is -0.662. The van der Waals surface area contributed by atoms with E-state index in [-0.39, 0.29) is 62.8 Å². The smallest absolute Gasteiger partial charge is 0.399 e. The van der Waals surface area contributed by atoms with E-state index in [0.29, 0.717) is 75.8 Å². The molecule has 16 rings (SSSR count). The number of phenolic OH excluding ortho intramolecular Hbond substituents is 3. The molecule has 0 saturated carbocycles. The number of allylic oxidation sites excluding steroid dienone is 2. The number of hydrogen-bond donors (Lipinski definition) is 6. The summed E-state index contributed by atoms with van der Waals surface area (Å²) >= 11 is 5.46. The van der Waals surface area contributed by atoms with Gasteiger partial charge in [0.25, 0.3) is 23.1 Å². The molecule has 8 aromatic carbocycles. The average Bonchev–Trinajstić information content (AvgIpc) is 1.68. The van der Waals surface area contributed by atoms with E-state index in [1.54, 1.807) is 51.1 Å². The van der Waals surface area contributed by atoms with Crippen LogP contribution in [-0.4, -0.2) is 53.8 Å². The number of halogens is 7. The summed E-state index contributed by atoms with van der Waals surface area (Å²) in [6, 6.07) is 33.9. The Morgan fingerprint density at radius 2 is 0.795 bits per heavy atom. The van der Waals surface area contributed by atoms with Gasteiger partial charge in [-0.2, -0.15) is 15.0 Å². The van der Waals surface area contributed by atoms with Crippen LogP contribution in [0.4, 0.5) is 26.3 Å². The van der Waals surface area contributed by atoms with Gasteiger partial charge in [-0.05, 0) is 283 Å². The lowest BCUT2D eigenvalue weighted by Crippen LogP contribution is -2.27. The van der Waals surface area contributed by atoms with E-state index in [2.05, 4.69) is 88.9 Å². The Morgan fingerprint density at radius 3 is 1.17 bits per heavy atom. The van der Waals surface area contributed by atoms with Gasteiger partial charge in [0.2, 0.25) is 0 Å². The molecule has 117 heavy (non-hydrogen) atoms. The van der Waals surface area contributed by atoms with Crippen molar-refractivity contribution in [2.75, 3.05) is 0 Å². The van der Waals surface area contributed by atoms with Crippen molar-refractivity contribution in [1.29, 1.82) is 0 Å². The number of nitrogens with zero attached hydrogens (tertiary/aromatic N) is 3. The molecule has 25 heteroatoms. The molecule has 0 radical (unpaired) electrons. The fraction of sp³-hybridized carbons (Fsp3) is 0.315. The van der Waals surface area contributed by atoms with Crippen LogP contribution >= 0.6 is 11.6 Å². The second kappa shape index (κ2) is 38.7. The van der Waals surface area contributed by atoms with E-state index in [1.807, 2.05) is 36.4 Å². The number of aromatic hydroxyl groups is 3. The first kappa shape index (κ1) is 86.0. The Bertz CT molecular complexity index is 5240. The van der Waals surface area contributed by atoms with Crippen LogP contribution in [0.15, 0.2) is 166 Å². The summed E-state index contributed by atoms with van der Waals surface area (Å²) in [4.78, 5) is 59.8. The van der Waals surface area contributed by atoms with Gasteiger partial charge in [0, 0.05) is 39.8 Å². The highest BCUT2D eigenvalue weighted by atomic mass is 35.5. The number of rotatable bonds is 16. The van der Waals surface area contributed by atoms with Crippen LogP contribution in [0.25, 0.3) is 5.57 Å². The summed E-state index contributed by atoms with van der Waals surface area (Å²) in [7, 11) is 0. The summed E-state index contributed by atoms with van der Waals surface area (Å²) in [6.07, 6.45) is 18.5. The number of carbonyl (C=O) groups is 4. The van der Waals surface area contributed by atoms with Crippen molar-refractivity contribution in [1.82, 2.24) is 30.9 Å². The lowest BCUT2D eigenvalue weighted by Gasteiger charge is -2.14. The topological polar surface area (TPSA) is 262 Å². The van der Waals surface area contributed by atoms with Gasteiger partial charge in [0.15, 0.2) is 22.9 Å². The van der Waals surface area contributed by atoms with Gasteiger partial charge in [0.05, 0.1) is 18.1 Å². The number of nitrogens with one attached hydrogen (secondary N) is 3. The standard InChI is InChI=1S/2C24H24F2N2O3.C13H11ClF2N2O2.C11H14O.C11H12O.C9H8O2/c2*1-4-15-8-9-18-17(15)6-5-7-22(18)31-24-28-21(12-30-24)23(29)27-14(3)16-10-19(25)13(2)20(26)11-16;1-6-9(15)3-8(4-10(6)16)7(2)17-12(19)11-5-20-13(14)18-11;2*1-2-8-6-7-10-9(8)4-3-5-11(10)12;10-8-3-1-2-6-7(8)4-5-9(6)11/h2*5-7,10-12,14-15H,4,8-9H2,1-3H3,(H,27,29);3-5,7H,1-2H3,(H,17,19);3-5,8,12H,2,6-7H2,1H3;2-5,12H,6-7H2,1H3;1-3,10H,4-5H2/b;;;;8-2+;/t2*14-,15?;7-;;;/m111.../s1. The van der Waals surface area contributed by atoms with Crippen molar-refractivity contribution in [2.24, 2.45) is 0 Å². The van der Waals surface area contributed by atoms with Crippen LogP contribution in [-0.2, 0) is 32.1 Å². The molecule has 3 aromatic heterocycles. The summed E-state index contributed by atoms with van der Waals surface area (Å²) in [5, 5.41) is 36.1. The zero-order valence-electron chi connectivity index (χ0n) is 66.6. The second-order valence-electron chi connectivity index (χ2n) is 29.4. The maximum Gasteiger partial charge on any atom is 0.399 e. The first-order valence-corrected chi connectivity index (χ1v) is 39.5. The fourth-order valence-corrected chi connectivity index (χ4v) is 15.2. The number of ether oxygens (including phenoxy) is 2. The van der Waals surface area contributed by atoms with Gasteiger partial charge < -0.3 is 54.0 Å². The van der Waals surface area contributed by atoms with Gasteiger partial charge in [0.1, 0.15) is 82.4 Å². The Labute approximate surface area is 679 Å². The number of fused-ring (bicyclic) bond motifs is 5. The number of oxazole rings is 3. The summed E-state index contributed by atoms with van der Waals surface area (Å²) < 4.78 is 109. The minimum absolute atomic E-state index is 0.00472. The van der Waals surface area contributed by atoms with Crippen LogP contribution in [0.2, 0.25) is 5.35 Å². The molecule has 6 N–H and O–H groups in total. The third kappa shape index (κ3) is 20.5. The van der Waals surface area contributed by atoms with Crippen LogP contribution in [0, 0.1) is 55.7 Å². The molecular weight excluding hydrogens is 1530 g/mol.